The van der Waals surface area contributed by atoms with E-state index in [4.69, 9.17) is 5.14 Å². The van der Waals surface area contributed by atoms with E-state index in [1.165, 1.54) is 12.1 Å². The lowest BCUT2D eigenvalue weighted by Gasteiger charge is -2.34. The first-order valence-corrected chi connectivity index (χ1v) is 9.00. The number of rotatable bonds is 4. The van der Waals surface area contributed by atoms with Crippen molar-refractivity contribution in [2.45, 2.75) is 37.6 Å². The smallest absolute Gasteiger partial charge is 0.241 e. The van der Waals surface area contributed by atoms with Crippen molar-refractivity contribution in [1.29, 1.82) is 0 Å². The fourth-order valence-corrected chi connectivity index (χ4v) is 3.14. The summed E-state index contributed by atoms with van der Waals surface area (Å²) in [6.45, 7) is 5.91. The number of likely N-dealkylation sites (tertiary alicyclic amines) is 1. The Morgan fingerprint density at radius 3 is 2.59 bits per heavy atom. The van der Waals surface area contributed by atoms with E-state index in [0.717, 1.165) is 25.9 Å². The second-order valence-corrected chi connectivity index (χ2v) is 7.52. The normalized spacial score (nSPS) is 18.9. The van der Waals surface area contributed by atoms with Crippen LogP contribution in [-0.2, 0) is 14.8 Å². The predicted octanol–water partition coefficient (Wildman–Crippen LogP) is 1.39. The van der Waals surface area contributed by atoms with Crippen LogP contribution in [-0.4, -0.2) is 38.4 Å². The number of primary sulfonamides is 1. The zero-order valence-corrected chi connectivity index (χ0v) is 13.8. The lowest BCUT2D eigenvalue weighted by Crippen LogP contribution is -2.45. The summed E-state index contributed by atoms with van der Waals surface area (Å²) in [7, 11) is -3.77. The number of sulfonamides is 1. The highest BCUT2D eigenvalue weighted by molar-refractivity contribution is 7.89. The third kappa shape index (κ3) is 4.28. The van der Waals surface area contributed by atoms with E-state index in [1.807, 2.05) is 6.92 Å². The van der Waals surface area contributed by atoms with Crippen molar-refractivity contribution in [2.75, 3.05) is 18.4 Å². The van der Waals surface area contributed by atoms with Crippen LogP contribution in [0.15, 0.2) is 29.2 Å². The maximum Gasteiger partial charge on any atom is 0.241 e. The second-order valence-electron chi connectivity index (χ2n) is 5.96. The SMILES string of the molecule is CC1CCN([C@H](C)C(=O)Nc2cccc(S(N)(=O)=O)c2)CC1. The van der Waals surface area contributed by atoms with Gasteiger partial charge in [-0.1, -0.05) is 13.0 Å². The quantitative estimate of drug-likeness (QED) is 0.875. The molecule has 2 rings (SSSR count). The van der Waals surface area contributed by atoms with Gasteiger partial charge in [0.15, 0.2) is 0 Å². The van der Waals surface area contributed by atoms with E-state index in [0.29, 0.717) is 11.6 Å². The van der Waals surface area contributed by atoms with Crippen molar-refractivity contribution in [3.05, 3.63) is 24.3 Å². The minimum absolute atomic E-state index is 0.00949. The molecular formula is C15H23N3O3S. The summed E-state index contributed by atoms with van der Waals surface area (Å²) < 4.78 is 22.7. The van der Waals surface area contributed by atoms with Gasteiger partial charge >= 0.3 is 0 Å². The van der Waals surface area contributed by atoms with Crippen molar-refractivity contribution in [2.24, 2.45) is 11.1 Å². The number of hydrogen-bond donors (Lipinski definition) is 2. The molecule has 122 valence electrons. The number of anilines is 1. The Morgan fingerprint density at radius 2 is 2.00 bits per heavy atom. The van der Waals surface area contributed by atoms with Gasteiger partial charge in [-0.15, -0.1) is 0 Å². The summed E-state index contributed by atoms with van der Waals surface area (Å²) >= 11 is 0. The maximum absolute atomic E-state index is 12.3. The molecule has 1 heterocycles. The van der Waals surface area contributed by atoms with Crippen LogP contribution >= 0.6 is 0 Å². The molecule has 1 aliphatic heterocycles. The Balaban J connectivity index is 2.02. The van der Waals surface area contributed by atoms with Gasteiger partial charge in [-0.05, 0) is 57.0 Å². The number of piperidine rings is 1. The standard InChI is InChI=1S/C15H23N3O3S/c1-11-6-8-18(9-7-11)12(2)15(19)17-13-4-3-5-14(10-13)22(16,20)21/h3-5,10-12H,6-9H2,1-2H3,(H,17,19)(H2,16,20,21)/t12-/m1/s1. The molecule has 0 radical (unpaired) electrons. The minimum atomic E-state index is -3.77. The predicted molar refractivity (Wildman–Crippen MR) is 85.9 cm³/mol. The molecule has 22 heavy (non-hydrogen) atoms. The number of carbonyl (C=O) groups is 1. The summed E-state index contributed by atoms with van der Waals surface area (Å²) in [6, 6.07) is 5.74. The highest BCUT2D eigenvalue weighted by atomic mass is 32.2. The zero-order valence-electron chi connectivity index (χ0n) is 13.0. The first kappa shape index (κ1) is 16.9. The van der Waals surface area contributed by atoms with E-state index >= 15 is 0 Å². The van der Waals surface area contributed by atoms with Gasteiger partial charge in [-0.3, -0.25) is 9.69 Å². The lowest BCUT2D eigenvalue weighted by molar-refractivity contribution is -0.121. The van der Waals surface area contributed by atoms with Gasteiger partial charge in [-0.2, -0.15) is 0 Å². The number of nitrogens with zero attached hydrogens (tertiary/aromatic N) is 1. The second kappa shape index (κ2) is 6.76. The van der Waals surface area contributed by atoms with Crippen molar-refractivity contribution in [3.8, 4) is 0 Å². The minimum Gasteiger partial charge on any atom is -0.325 e. The van der Waals surface area contributed by atoms with Gasteiger partial charge in [0.1, 0.15) is 0 Å². The summed E-state index contributed by atoms with van der Waals surface area (Å²) in [5, 5.41) is 7.86. The fourth-order valence-electron chi connectivity index (χ4n) is 2.58. The Morgan fingerprint density at radius 1 is 1.36 bits per heavy atom. The van der Waals surface area contributed by atoms with Crippen LogP contribution in [0.3, 0.4) is 0 Å². The monoisotopic (exact) mass is 325 g/mol. The van der Waals surface area contributed by atoms with Crippen LogP contribution in [0.25, 0.3) is 0 Å². The van der Waals surface area contributed by atoms with Crippen LogP contribution in [0.2, 0.25) is 0 Å². The molecule has 7 heteroatoms. The van der Waals surface area contributed by atoms with Crippen LogP contribution in [0, 0.1) is 5.92 Å². The molecule has 0 unspecified atom stereocenters. The van der Waals surface area contributed by atoms with Crippen LogP contribution in [0.1, 0.15) is 26.7 Å². The number of amides is 1. The molecular weight excluding hydrogens is 302 g/mol. The molecule has 1 amide bonds. The zero-order chi connectivity index (χ0) is 16.3. The Kier molecular flexibility index (Phi) is 5.20. The number of nitrogens with one attached hydrogen (secondary N) is 1. The number of nitrogens with two attached hydrogens (primary N) is 1. The molecule has 1 fully saturated rings. The molecule has 0 aromatic heterocycles. The molecule has 1 aliphatic rings. The van der Waals surface area contributed by atoms with Crippen LogP contribution < -0.4 is 10.5 Å². The highest BCUT2D eigenvalue weighted by Gasteiger charge is 2.25. The van der Waals surface area contributed by atoms with Gasteiger partial charge in [0.05, 0.1) is 10.9 Å². The molecule has 1 atom stereocenters. The van der Waals surface area contributed by atoms with Crippen molar-refractivity contribution >= 4 is 21.6 Å². The molecule has 6 nitrogen and oxygen atoms in total. The van der Waals surface area contributed by atoms with Crippen LogP contribution in [0.5, 0.6) is 0 Å². The van der Waals surface area contributed by atoms with E-state index in [-0.39, 0.29) is 16.8 Å². The number of benzene rings is 1. The molecule has 1 saturated heterocycles. The van der Waals surface area contributed by atoms with Crippen molar-refractivity contribution in [1.82, 2.24) is 4.90 Å². The summed E-state index contributed by atoms with van der Waals surface area (Å²) in [6.07, 6.45) is 2.19. The van der Waals surface area contributed by atoms with Gasteiger partial charge < -0.3 is 5.32 Å². The molecule has 0 bridgehead atoms. The summed E-state index contributed by atoms with van der Waals surface area (Å²) in [4.78, 5) is 14.5. The molecule has 0 spiro atoms. The Hall–Kier alpha value is -1.44. The Labute approximate surface area is 131 Å². The maximum atomic E-state index is 12.3. The van der Waals surface area contributed by atoms with Gasteiger partial charge in [-0.25, -0.2) is 13.6 Å². The largest absolute Gasteiger partial charge is 0.325 e. The molecule has 0 saturated carbocycles. The lowest BCUT2D eigenvalue weighted by atomic mass is 9.98. The van der Waals surface area contributed by atoms with E-state index < -0.39 is 10.0 Å². The topological polar surface area (TPSA) is 92.5 Å². The average molecular weight is 325 g/mol. The van der Waals surface area contributed by atoms with E-state index in [9.17, 15) is 13.2 Å². The van der Waals surface area contributed by atoms with Crippen LogP contribution in [0.4, 0.5) is 5.69 Å². The third-order valence-corrected chi connectivity index (χ3v) is 5.09. The number of hydrogen-bond acceptors (Lipinski definition) is 4. The fraction of sp³-hybridized carbons (Fsp3) is 0.533. The van der Waals surface area contributed by atoms with Gasteiger partial charge in [0.2, 0.25) is 15.9 Å². The van der Waals surface area contributed by atoms with E-state index in [1.54, 1.807) is 12.1 Å². The molecule has 1 aromatic carbocycles. The third-order valence-electron chi connectivity index (χ3n) is 4.18. The van der Waals surface area contributed by atoms with E-state index in [2.05, 4.69) is 17.1 Å². The molecule has 3 N–H and O–H groups in total. The van der Waals surface area contributed by atoms with Crippen molar-refractivity contribution < 1.29 is 13.2 Å². The Bertz CT molecular complexity index is 637. The molecule has 0 aliphatic carbocycles. The first-order chi connectivity index (χ1) is 10.3. The van der Waals surface area contributed by atoms with Gasteiger partial charge in [0.25, 0.3) is 0 Å². The van der Waals surface area contributed by atoms with Crippen molar-refractivity contribution in [3.63, 3.8) is 0 Å². The summed E-state index contributed by atoms with van der Waals surface area (Å²) in [5.41, 5.74) is 0.439. The summed E-state index contributed by atoms with van der Waals surface area (Å²) in [5.74, 6) is 0.569. The average Bonchev–Trinajstić information content (AvgIpc) is 2.46. The number of carbonyl (C=O) groups excluding carboxylic acids is 1. The highest BCUT2D eigenvalue weighted by Crippen LogP contribution is 2.19. The molecule has 1 aromatic rings. The first-order valence-electron chi connectivity index (χ1n) is 7.45. The van der Waals surface area contributed by atoms with Gasteiger partial charge in [0, 0.05) is 5.69 Å².